The van der Waals surface area contributed by atoms with Gasteiger partial charge in [-0.3, -0.25) is 4.79 Å². The Hall–Kier alpha value is -1.56. The number of amides is 1. The van der Waals surface area contributed by atoms with E-state index >= 15 is 0 Å². The predicted octanol–water partition coefficient (Wildman–Crippen LogP) is 0.318. The Morgan fingerprint density at radius 2 is 2.50 bits per heavy atom. The number of carbonyl (C=O) groups excluding carboxylic acids is 1. The maximum Gasteiger partial charge on any atom is 0.225 e. The Morgan fingerprint density at radius 1 is 1.56 bits per heavy atom. The predicted molar refractivity (Wildman–Crippen MR) is 63.1 cm³/mol. The van der Waals surface area contributed by atoms with Crippen LogP contribution in [0.25, 0.3) is 0 Å². The van der Waals surface area contributed by atoms with E-state index in [9.17, 15) is 4.79 Å². The molecule has 6 nitrogen and oxygen atoms in total. The molecule has 2 aliphatic heterocycles. The molecule has 0 spiro atoms. The van der Waals surface area contributed by atoms with Gasteiger partial charge in [-0.1, -0.05) is 0 Å². The monoisotopic (exact) mass is 251 g/mol. The number of aromatic nitrogens is 2. The molecule has 3 heterocycles. The summed E-state index contributed by atoms with van der Waals surface area (Å²) in [5.41, 5.74) is 0.846. The van der Waals surface area contributed by atoms with Crippen LogP contribution in [-0.4, -0.2) is 35.5 Å². The molecule has 0 saturated carbocycles. The van der Waals surface area contributed by atoms with Crippen LogP contribution in [0.4, 0.5) is 0 Å². The van der Waals surface area contributed by atoms with Gasteiger partial charge in [0.2, 0.25) is 11.8 Å². The number of aryl methyl sites for hydroxylation is 1. The average molecular weight is 251 g/mol. The minimum atomic E-state index is -0.00140. The van der Waals surface area contributed by atoms with Crippen LogP contribution in [0.15, 0.2) is 6.07 Å². The fraction of sp³-hybridized carbons (Fsp3) is 0.667. The molecule has 1 atom stereocenters. The highest BCUT2D eigenvalue weighted by molar-refractivity contribution is 5.78. The average Bonchev–Trinajstić information content (AvgIpc) is 3.04. The molecule has 0 aliphatic carbocycles. The molecule has 1 aromatic rings. The van der Waals surface area contributed by atoms with Crippen molar-refractivity contribution in [2.24, 2.45) is 5.92 Å². The zero-order valence-electron chi connectivity index (χ0n) is 10.2. The van der Waals surface area contributed by atoms with Crippen LogP contribution < -0.4 is 10.1 Å². The van der Waals surface area contributed by atoms with E-state index < -0.39 is 0 Å². The van der Waals surface area contributed by atoms with Gasteiger partial charge in [-0.25, -0.2) is 4.68 Å². The van der Waals surface area contributed by atoms with Gasteiger partial charge in [0.25, 0.3) is 0 Å². The molecule has 1 amide bonds. The highest BCUT2D eigenvalue weighted by Gasteiger charge is 2.23. The van der Waals surface area contributed by atoms with Crippen molar-refractivity contribution in [3.63, 3.8) is 0 Å². The Balaban J connectivity index is 1.56. The smallest absolute Gasteiger partial charge is 0.225 e. The van der Waals surface area contributed by atoms with E-state index in [2.05, 4.69) is 10.4 Å². The van der Waals surface area contributed by atoms with Crippen LogP contribution in [0, 0.1) is 5.92 Å². The van der Waals surface area contributed by atoms with Gasteiger partial charge in [-0.05, 0) is 6.42 Å². The summed E-state index contributed by atoms with van der Waals surface area (Å²) in [5.74, 6) is 0.854. The van der Waals surface area contributed by atoms with Gasteiger partial charge in [-0.2, -0.15) is 5.10 Å². The summed E-state index contributed by atoms with van der Waals surface area (Å²) in [7, 11) is 0. The van der Waals surface area contributed by atoms with Gasteiger partial charge < -0.3 is 14.8 Å². The van der Waals surface area contributed by atoms with Crippen molar-refractivity contribution < 1.29 is 14.3 Å². The second-order valence-electron chi connectivity index (χ2n) is 4.68. The van der Waals surface area contributed by atoms with E-state index in [1.165, 1.54) is 0 Å². The summed E-state index contributed by atoms with van der Waals surface area (Å²) >= 11 is 0. The number of rotatable bonds is 3. The van der Waals surface area contributed by atoms with Crippen molar-refractivity contribution in [2.45, 2.75) is 25.9 Å². The molecule has 0 radical (unpaired) electrons. The maximum atomic E-state index is 11.8. The second-order valence-corrected chi connectivity index (χ2v) is 4.68. The lowest BCUT2D eigenvalue weighted by Gasteiger charge is -2.13. The molecular formula is C12H17N3O3. The molecule has 3 rings (SSSR count). The Labute approximate surface area is 105 Å². The van der Waals surface area contributed by atoms with Gasteiger partial charge in [0, 0.05) is 25.6 Å². The fourth-order valence-electron chi connectivity index (χ4n) is 2.27. The van der Waals surface area contributed by atoms with Crippen molar-refractivity contribution >= 4 is 5.91 Å². The lowest BCUT2D eigenvalue weighted by atomic mass is 10.1. The second kappa shape index (κ2) is 4.97. The molecule has 6 heteroatoms. The number of carbonyl (C=O) groups is 1. The molecule has 18 heavy (non-hydrogen) atoms. The first-order valence-electron chi connectivity index (χ1n) is 6.38. The maximum absolute atomic E-state index is 11.8. The number of fused-ring (bicyclic) bond motifs is 1. The summed E-state index contributed by atoms with van der Waals surface area (Å²) in [4.78, 5) is 11.8. The summed E-state index contributed by atoms with van der Waals surface area (Å²) < 4.78 is 12.5. The molecule has 1 N–H and O–H groups in total. The van der Waals surface area contributed by atoms with Crippen molar-refractivity contribution in [3.05, 3.63) is 11.8 Å². The van der Waals surface area contributed by atoms with Crippen molar-refractivity contribution in [3.8, 4) is 5.88 Å². The van der Waals surface area contributed by atoms with E-state index in [0.29, 0.717) is 19.8 Å². The highest BCUT2D eigenvalue weighted by Crippen LogP contribution is 2.18. The Morgan fingerprint density at radius 3 is 3.28 bits per heavy atom. The Bertz CT molecular complexity index is 414. The first kappa shape index (κ1) is 11.5. The largest absolute Gasteiger partial charge is 0.478 e. The molecule has 1 fully saturated rings. The summed E-state index contributed by atoms with van der Waals surface area (Å²) in [6, 6.07) is 1.89. The number of nitrogens with zero attached hydrogens (tertiary/aromatic N) is 2. The summed E-state index contributed by atoms with van der Waals surface area (Å²) in [6.45, 7) is 3.31. The lowest BCUT2D eigenvalue weighted by Crippen LogP contribution is -2.30. The third kappa shape index (κ3) is 2.33. The van der Waals surface area contributed by atoms with E-state index in [-0.39, 0.29) is 11.8 Å². The minimum Gasteiger partial charge on any atom is -0.478 e. The van der Waals surface area contributed by atoms with Crippen molar-refractivity contribution in [1.82, 2.24) is 15.1 Å². The van der Waals surface area contributed by atoms with Crippen LogP contribution in [-0.2, 0) is 22.6 Å². The lowest BCUT2D eigenvalue weighted by molar-refractivity contribution is -0.125. The van der Waals surface area contributed by atoms with Crippen LogP contribution in [0.2, 0.25) is 0 Å². The third-order valence-corrected chi connectivity index (χ3v) is 3.30. The Kier molecular flexibility index (Phi) is 3.19. The normalized spacial score (nSPS) is 22.3. The number of ether oxygens (including phenoxy) is 2. The third-order valence-electron chi connectivity index (χ3n) is 3.30. The van der Waals surface area contributed by atoms with Crippen molar-refractivity contribution in [2.75, 3.05) is 19.8 Å². The van der Waals surface area contributed by atoms with Crippen molar-refractivity contribution in [1.29, 1.82) is 0 Å². The van der Waals surface area contributed by atoms with E-state index in [1.54, 1.807) is 0 Å². The number of hydrogen-bond donors (Lipinski definition) is 1. The molecule has 1 saturated heterocycles. The highest BCUT2D eigenvalue weighted by atomic mass is 16.5. The molecule has 2 aliphatic rings. The van der Waals surface area contributed by atoms with Gasteiger partial charge in [0.1, 0.15) is 0 Å². The molecule has 0 unspecified atom stereocenters. The SMILES string of the molecule is O=C(NCc1cc2n(n1)CCCO2)[C@H]1CCOC1. The zero-order chi connectivity index (χ0) is 12.4. The van der Waals surface area contributed by atoms with Crippen LogP contribution in [0.3, 0.4) is 0 Å². The molecule has 1 aromatic heterocycles. The molecule has 98 valence electrons. The minimum absolute atomic E-state index is 0.00140. The molecule has 0 bridgehead atoms. The van der Waals surface area contributed by atoms with Crippen LogP contribution >= 0.6 is 0 Å². The van der Waals surface area contributed by atoms with Gasteiger partial charge >= 0.3 is 0 Å². The first-order valence-corrected chi connectivity index (χ1v) is 6.38. The van der Waals surface area contributed by atoms with Gasteiger partial charge in [-0.15, -0.1) is 0 Å². The van der Waals surface area contributed by atoms with E-state index in [1.807, 2.05) is 10.7 Å². The zero-order valence-corrected chi connectivity index (χ0v) is 10.2. The summed E-state index contributed by atoms with van der Waals surface area (Å²) in [5, 5.41) is 7.29. The molecule has 0 aromatic carbocycles. The first-order chi connectivity index (χ1) is 8.83. The number of hydrogen-bond acceptors (Lipinski definition) is 4. The summed E-state index contributed by atoms with van der Waals surface area (Å²) in [6.07, 6.45) is 1.80. The molecular weight excluding hydrogens is 234 g/mol. The van der Waals surface area contributed by atoms with E-state index in [0.717, 1.165) is 37.6 Å². The van der Waals surface area contributed by atoms with Crippen LogP contribution in [0.5, 0.6) is 5.88 Å². The van der Waals surface area contributed by atoms with Gasteiger partial charge in [0.05, 0.1) is 31.4 Å². The van der Waals surface area contributed by atoms with Gasteiger partial charge in [0.15, 0.2) is 0 Å². The topological polar surface area (TPSA) is 65.4 Å². The van der Waals surface area contributed by atoms with Crippen LogP contribution in [0.1, 0.15) is 18.5 Å². The fourth-order valence-corrected chi connectivity index (χ4v) is 2.27. The standard InChI is InChI=1S/C12H17N3O3/c16-12(9-2-5-17-8-9)13-7-10-6-11-15(14-10)3-1-4-18-11/h6,9H,1-5,7-8H2,(H,13,16)/t9-/m0/s1. The quantitative estimate of drug-likeness (QED) is 0.840. The number of nitrogens with one attached hydrogen (secondary N) is 1. The van der Waals surface area contributed by atoms with E-state index in [4.69, 9.17) is 9.47 Å².